The molecule has 0 bridgehead atoms. The molecule has 0 saturated carbocycles. The van der Waals surface area contributed by atoms with Crippen molar-refractivity contribution in [2.75, 3.05) is 24.6 Å². The second-order valence-electron chi connectivity index (χ2n) is 8.02. The van der Waals surface area contributed by atoms with Crippen LogP contribution in [-0.4, -0.2) is 48.2 Å². The van der Waals surface area contributed by atoms with Gasteiger partial charge in [-0.15, -0.1) is 0 Å². The van der Waals surface area contributed by atoms with Gasteiger partial charge < -0.3 is 9.64 Å². The Balaban J connectivity index is 1.77. The molecule has 3 rings (SSSR count). The minimum absolute atomic E-state index is 0.129. The van der Waals surface area contributed by atoms with E-state index in [1.165, 1.54) is 6.33 Å². The zero-order valence-corrected chi connectivity index (χ0v) is 18.6. The Bertz CT molecular complexity index is 768. The van der Waals surface area contributed by atoms with Crippen LogP contribution in [0.25, 0.3) is 11.0 Å². The number of halogens is 3. The Morgan fingerprint density at radius 1 is 1.23 bits per heavy atom. The molecule has 0 aromatic carbocycles. The molecule has 0 unspecified atom stereocenters. The summed E-state index contributed by atoms with van der Waals surface area (Å²) in [6.07, 6.45) is 1.26. The molecule has 0 spiro atoms. The molecule has 2 aromatic rings. The Morgan fingerprint density at radius 2 is 1.92 bits per heavy atom. The molecule has 0 amide bonds. The summed E-state index contributed by atoms with van der Waals surface area (Å²) in [5, 5.41) is 0.899. The Labute approximate surface area is 167 Å². The lowest BCUT2D eigenvalue weighted by Gasteiger charge is -2.32. The molecule has 1 aliphatic heterocycles. The van der Waals surface area contributed by atoms with Crippen molar-refractivity contribution >= 4 is 47.5 Å². The summed E-state index contributed by atoms with van der Waals surface area (Å²) >= 11 is 2.26. The van der Waals surface area contributed by atoms with E-state index < -0.39 is 14.0 Å². The van der Waals surface area contributed by atoms with Crippen LogP contribution in [0.4, 0.5) is 14.6 Å². The number of hydrogen-bond donors (Lipinski definition) is 0. The largest absolute Gasteiger partial charge is 0.361 e. The van der Waals surface area contributed by atoms with E-state index in [0.29, 0.717) is 19.8 Å². The van der Waals surface area contributed by atoms with Gasteiger partial charge in [0.1, 0.15) is 24.5 Å². The third-order valence-corrected chi connectivity index (χ3v) is 7.23. The first-order valence-corrected chi connectivity index (χ1v) is 13.7. The zero-order valence-electron chi connectivity index (χ0n) is 15.4. The number of aromatic nitrogens is 3. The van der Waals surface area contributed by atoms with E-state index in [1.807, 2.05) is 15.5 Å². The Hall–Kier alpha value is -0.813. The van der Waals surface area contributed by atoms with Crippen LogP contribution < -0.4 is 4.90 Å². The monoisotopic (exact) mass is 494 g/mol. The summed E-state index contributed by atoms with van der Waals surface area (Å²) in [5.74, 6) is -1.82. The second-order valence-corrected chi connectivity index (χ2v) is 14.7. The fraction of sp³-hybridized carbons (Fsp3) is 0.647. The van der Waals surface area contributed by atoms with Crippen LogP contribution >= 0.6 is 22.6 Å². The van der Waals surface area contributed by atoms with Crippen LogP contribution in [-0.2, 0) is 11.5 Å². The standard InChI is InChI=1S/C17H25F2IN4OSi/c1-26(2,3)9-8-25-12-24-14(20)10-13-15(21-11-22-16(13)24)23-6-4-17(18,19)5-7-23/h10-11H,4-9,12H2,1-3H3. The molecule has 0 N–H and O–H groups in total. The van der Waals surface area contributed by atoms with Gasteiger partial charge in [0.15, 0.2) is 0 Å². The molecule has 5 nitrogen and oxygen atoms in total. The molecule has 1 fully saturated rings. The van der Waals surface area contributed by atoms with Crippen LogP contribution in [0.3, 0.4) is 0 Å². The van der Waals surface area contributed by atoms with E-state index in [-0.39, 0.29) is 12.8 Å². The van der Waals surface area contributed by atoms with Gasteiger partial charge in [0.2, 0.25) is 0 Å². The SMILES string of the molecule is C[Si](C)(C)CCOCn1c(I)cc2c(N3CCC(F)(F)CC3)ncnc21. The highest BCUT2D eigenvalue weighted by molar-refractivity contribution is 14.1. The van der Waals surface area contributed by atoms with Gasteiger partial charge in [0.25, 0.3) is 5.92 Å². The first-order chi connectivity index (χ1) is 12.2. The Kier molecular flexibility index (Phi) is 5.88. The third-order valence-electron chi connectivity index (χ3n) is 4.63. The van der Waals surface area contributed by atoms with Crippen LogP contribution in [0.15, 0.2) is 12.4 Å². The maximum atomic E-state index is 13.5. The lowest BCUT2D eigenvalue weighted by Crippen LogP contribution is -2.39. The molecule has 1 saturated heterocycles. The lowest BCUT2D eigenvalue weighted by molar-refractivity contribution is -0.0221. The maximum Gasteiger partial charge on any atom is 0.251 e. The molecule has 0 radical (unpaired) electrons. The van der Waals surface area contributed by atoms with Gasteiger partial charge >= 0.3 is 0 Å². The van der Waals surface area contributed by atoms with Crippen molar-refractivity contribution in [1.82, 2.24) is 14.5 Å². The number of hydrogen-bond acceptors (Lipinski definition) is 4. The Morgan fingerprint density at radius 3 is 2.58 bits per heavy atom. The van der Waals surface area contributed by atoms with E-state index in [2.05, 4.69) is 52.2 Å². The number of anilines is 1. The summed E-state index contributed by atoms with van der Waals surface area (Å²) in [6.45, 7) is 8.79. The quantitative estimate of drug-likeness (QED) is 0.335. The number of alkyl halides is 2. The molecular formula is C17H25F2IN4OSi. The summed E-state index contributed by atoms with van der Waals surface area (Å²) in [7, 11) is -1.12. The van der Waals surface area contributed by atoms with E-state index in [9.17, 15) is 8.78 Å². The minimum atomic E-state index is -2.56. The molecule has 26 heavy (non-hydrogen) atoms. The van der Waals surface area contributed by atoms with Crippen molar-refractivity contribution in [3.63, 3.8) is 0 Å². The van der Waals surface area contributed by atoms with E-state index in [0.717, 1.165) is 33.2 Å². The third kappa shape index (κ3) is 4.72. The van der Waals surface area contributed by atoms with Gasteiger partial charge in [-0.1, -0.05) is 19.6 Å². The smallest absolute Gasteiger partial charge is 0.251 e. The molecule has 2 aromatic heterocycles. The summed E-state index contributed by atoms with van der Waals surface area (Å²) < 4.78 is 35.8. The average molecular weight is 494 g/mol. The van der Waals surface area contributed by atoms with Crippen molar-refractivity contribution in [2.45, 2.75) is 51.2 Å². The van der Waals surface area contributed by atoms with Crippen LogP contribution in [0.2, 0.25) is 25.7 Å². The molecule has 0 aliphatic carbocycles. The van der Waals surface area contributed by atoms with Crippen molar-refractivity contribution in [3.8, 4) is 0 Å². The molecule has 144 valence electrons. The summed E-state index contributed by atoms with van der Waals surface area (Å²) in [4.78, 5) is 10.7. The van der Waals surface area contributed by atoms with Crippen LogP contribution in [0, 0.1) is 3.70 Å². The van der Waals surface area contributed by atoms with E-state index >= 15 is 0 Å². The summed E-state index contributed by atoms with van der Waals surface area (Å²) in [6, 6.07) is 3.13. The highest BCUT2D eigenvalue weighted by Crippen LogP contribution is 2.33. The number of fused-ring (bicyclic) bond motifs is 1. The maximum absolute atomic E-state index is 13.5. The summed E-state index contributed by atoms with van der Waals surface area (Å²) in [5.41, 5.74) is 0.796. The van der Waals surface area contributed by atoms with Crippen molar-refractivity contribution in [3.05, 3.63) is 16.1 Å². The van der Waals surface area contributed by atoms with Gasteiger partial charge in [-0.3, -0.25) is 4.57 Å². The van der Waals surface area contributed by atoms with E-state index in [4.69, 9.17) is 4.74 Å². The molecule has 1 aliphatic rings. The number of nitrogens with zero attached hydrogens (tertiary/aromatic N) is 4. The predicted octanol–water partition coefficient (Wildman–Crippen LogP) is 4.58. The van der Waals surface area contributed by atoms with Crippen molar-refractivity contribution in [1.29, 1.82) is 0 Å². The first kappa shape index (κ1) is 19.9. The number of ether oxygens (including phenoxy) is 1. The van der Waals surface area contributed by atoms with Gasteiger partial charge in [-0.2, -0.15) is 0 Å². The highest BCUT2D eigenvalue weighted by Gasteiger charge is 2.35. The first-order valence-electron chi connectivity index (χ1n) is 8.87. The fourth-order valence-electron chi connectivity index (χ4n) is 2.97. The van der Waals surface area contributed by atoms with Gasteiger partial charge in [-0.25, -0.2) is 18.7 Å². The van der Waals surface area contributed by atoms with E-state index in [1.54, 1.807) is 0 Å². The average Bonchev–Trinajstić information content (AvgIpc) is 2.86. The highest BCUT2D eigenvalue weighted by atomic mass is 127. The topological polar surface area (TPSA) is 43.2 Å². The minimum Gasteiger partial charge on any atom is -0.361 e. The van der Waals surface area contributed by atoms with Crippen LogP contribution in [0.1, 0.15) is 12.8 Å². The van der Waals surface area contributed by atoms with Crippen molar-refractivity contribution in [2.24, 2.45) is 0 Å². The molecule has 9 heteroatoms. The number of rotatable bonds is 6. The van der Waals surface area contributed by atoms with Gasteiger partial charge in [0.05, 0.1) is 9.09 Å². The molecule has 0 atom stereocenters. The van der Waals surface area contributed by atoms with Gasteiger partial charge in [-0.05, 0) is 34.7 Å². The fourth-order valence-corrected chi connectivity index (χ4v) is 4.41. The second kappa shape index (κ2) is 7.67. The zero-order chi connectivity index (χ0) is 18.9. The normalized spacial score (nSPS) is 17.8. The number of piperidine rings is 1. The predicted molar refractivity (Wildman–Crippen MR) is 111 cm³/mol. The van der Waals surface area contributed by atoms with Crippen LogP contribution in [0.5, 0.6) is 0 Å². The molecule has 3 heterocycles. The van der Waals surface area contributed by atoms with Gasteiger partial charge in [0, 0.05) is 40.6 Å². The molecular weight excluding hydrogens is 469 g/mol. The lowest BCUT2D eigenvalue weighted by atomic mass is 10.1. The van der Waals surface area contributed by atoms with Crippen molar-refractivity contribution < 1.29 is 13.5 Å².